The van der Waals surface area contributed by atoms with Crippen LogP contribution in [0.5, 0.6) is 0 Å². The molecule has 13 rings (SSSR count). The summed E-state index contributed by atoms with van der Waals surface area (Å²) in [5, 5.41) is 7.38. The van der Waals surface area contributed by atoms with E-state index in [1.54, 1.807) is 0 Å². The molecule has 0 bridgehead atoms. The van der Waals surface area contributed by atoms with Crippen LogP contribution in [0.4, 0.5) is 17.1 Å². The first-order chi connectivity index (χ1) is 29.3. The van der Waals surface area contributed by atoms with Crippen molar-refractivity contribution in [3.8, 4) is 33.4 Å². The Morgan fingerprint density at radius 1 is 0.339 bits per heavy atom. The van der Waals surface area contributed by atoms with Crippen molar-refractivity contribution in [3.05, 3.63) is 235 Å². The van der Waals surface area contributed by atoms with Gasteiger partial charge in [-0.1, -0.05) is 164 Å². The zero-order chi connectivity index (χ0) is 38.7. The summed E-state index contributed by atoms with van der Waals surface area (Å²) in [6.45, 7) is 0. The van der Waals surface area contributed by atoms with Crippen LogP contribution in [0.2, 0.25) is 0 Å². The standard InChI is InChI=1S/C57H35NO/c1-2-15-38(16-3-1)58(39-28-26-36(27-29-39)49-34-37-14-4-5-17-41(37)42-18-6-7-19-43(42)49)40-30-31-45-44-20-8-11-23-50(44)57(53(45)35-40)51-24-12-9-22-48(51)55-52(57)33-32-47-46-21-10-13-25-54(46)59-56(47)55/h1-35H. The van der Waals surface area contributed by atoms with Gasteiger partial charge in [0.2, 0.25) is 0 Å². The molecule has 2 nitrogen and oxygen atoms in total. The molecule has 0 aliphatic heterocycles. The highest BCUT2D eigenvalue weighted by Gasteiger charge is 2.52. The van der Waals surface area contributed by atoms with Crippen molar-refractivity contribution < 1.29 is 4.42 Å². The van der Waals surface area contributed by atoms with E-state index in [4.69, 9.17) is 4.42 Å². The van der Waals surface area contributed by atoms with Crippen molar-refractivity contribution in [2.75, 3.05) is 4.90 Å². The van der Waals surface area contributed by atoms with Crippen LogP contribution < -0.4 is 4.90 Å². The number of hydrogen-bond acceptors (Lipinski definition) is 2. The fraction of sp³-hybridized carbons (Fsp3) is 0.0175. The van der Waals surface area contributed by atoms with Crippen LogP contribution in [0.15, 0.2) is 217 Å². The molecule has 0 fully saturated rings. The third-order valence-electron chi connectivity index (χ3n) is 13.1. The number of para-hydroxylation sites is 2. The van der Waals surface area contributed by atoms with E-state index >= 15 is 0 Å². The summed E-state index contributed by atoms with van der Waals surface area (Å²) < 4.78 is 6.79. The summed E-state index contributed by atoms with van der Waals surface area (Å²) in [6.07, 6.45) is 0. The second kappa shape index (κ2) is 12.2. The van der Waals surface area contributed by atoms with Crippen molar-refractivity contribution >= 4 is 60.5 Å². The molecule has 0 N–H and O–H groups in total. The average molecular weight is 750 g/mol. The van der Waals surface area contributed by atoms with Crippen LogP contribution in [0, 0.1) is 0 Å². The Morgan fingerprint density at radius 2 is 0.949 bits per heavy atom. The van der Waals surface area contributed by atoms with Gasteiger partial charge in [0, 0.05) is 33.4 Å². The minimum absolute atomic E-state index is 0.523. The maximum atomic E-state index is 6.79. The molecule has 274 valence electrons. The monoisotopic (exact) mass is 749 g/mol. The van der Waals surface area contributed by atoms with Crippen molar-refractivity contribution in [1.29, 1.82) is 0 Å². The predicted octanol–water partition coefficient (Wildman–Crippen LogP) is 15.4. The van der Waals surface area contributed by atoms with E-state index in [0.29, 0.717) is 0 Å². The Morgan fingerprint density at radius 3 is 1.78 bits per heavy atom. The number of nitrogens with zero attached hydrogens (tertiary/aromatic N) is 1. The van der Waals surface area contributed by atoms with E-state index in [2.05, 4.69) is 217 Å². The van der Waals surface area contributed by atoms with Gasteiger partial charge < -0.3 is 9.32 Å². The molecule has 2 aliphatic carbocycles. The van der Waals surface area contributed by atoms with Crippen LogP contribution in [-0.4, -0.2) is 0 Å². The minimum atomic E-state index is -0.523. The van der Waals surface area contributed by atoms with Crippen LogP contribution in [0.1, 0.15) is 22.3 Å². The molecule has 2 heteroatoms. The molecule has 1 unspecified atom stereocenters. The third-order valence-corrected chi connectivity index (χ3v) is 13.1. The largest absolute Gasteiger partial charge is 0.455 e. The Balaban J connectivity index is 1.02. The first-order valence-corrected chi connectivity index (χ1v) is 20.4. The van der Waals surface area contributed by atoms with Crippen molar-refractivity contribution in [2.45, 2.75) is 5.41 Å². The van der Waals surface area contributed by atoms with Crippen LogP contribution in [0.25, 0.3) is 76.9 Å². The Hall–Kier alpha value is -7.68. The second-order valence-electron chi connectivity index (χ2n) is 15.9. The molecule has 1 aromatic heterocycles. The first-order valence-electron chi connectivity index (χ1n) is 20.4. The summed E-state index contributed by atoms with van der Waals surface area (Å²) in [6, 6.07) is 77.9. The quantitative estimate of drug-likeness (QED) is 0.167. The van der Waals surface area contributed by atoms with E-state index in [1.807, 2.05) is 0 Å². The van der Waals surface area contributed by atoms with Gasteiger partial charge in [0.05, 0.1) is 5.41 Å². The maximum absolute atomic E-state index is 6.79. The Labute approximate surface area is 341 Å². The molecule has 0 radical (unpaired) electrons. The lowest BCUT2D eigenvalue weighted by Gasteiger charge is -2.32. The highest BCUT2D eigenvalue weighted by atomic mass is 16.3. The van der Waals surface area contributed by atoms with Gasteiger partial charge in [-0.15, -0.1) is 0 Å². The molecule has 1 spiro atoms. The Bertz CT molecular complexity index is 3500. The second-order valence-corrected chi connectivity index (χ2v) is 15.9. The van der Waals surface area contributed by atoms with Gasteiger partial charge in [0.25, 0.3) is 0 Å². The van der Waals surface area contributed by atoms with Gasteiger partial charge in [-0.3, -0.25) is 0 Å². The third kappa shape index (κ3) is 4.40. The molecule has 0 amide bonds. The lowest BCUT2D eigenvalue weighted by Crippen LogP contribution is -2.26. The van der Waals surface area contributed by atoms with Gasteiger partial charge in [0.15, 0.2) is 0 Å². The summed E-state index contributed by atoms with van der Waals surface area (Å²) in [4.78, 5) is 2.41. The first kappa shape index (κ1) is 32.4. The number of furan rings is 1. The molecule has 0 saturated carbocycles. The van der Waals surface area contributed by atoms with Gasteiger partial charge in [-0.25, -0.2) is 0 Å². The smallest absolute Gasteiger partial charge is 0.143 e. The van der Waals surface area contributed by atoms with Crippen LogP contribution in [0.3, 0.4) is 0 Å². The predicted molar refractivity (Wildman–Crippen MR) is 245 cm³/mol. The van der Waals surface area contributed by atoms with Crippen LogP contribution >= 0.6 is 0 Å². The molecular weight excluding hydrogens is 715 g/mol. The normalized spacial score (nSPS) is 14.8. The summed E-state index contributed by atoms with van der Waals surface area (Å²) >= 11 is 0. The van der Waals surface area contributed by atoms with Crippen molar-refractivity contribution in [1.82, 2.24) is 0 Å². The fourth-order valence-electron chi connectivity index (χ4n) is 10.6. The van der Waals surface area contributed by atoms with Crippen LogP contribution in [-0.2, 0) is 5.41 Å². The number of hydrogen-bond donors (Lipinski definition) is 0. The molecule has 10 aromatic carbocycles. The topological polar surface area (TPSA) is 16.4 Å². The van der Waals surface area contributed by atoms with Gasteiger partial charge in [-0.05, 0) is 120 Å². The van der Waals surface area contributed by atoms with Gasteiger partial charge in [-0.2, -0.15) is 0 Å². The van der Waals surface area contributed by atoms with Gasteiger partial charge >= 0.3 is 0 Å². The fourth-order valence-corrected chi connectivity index (χ4v) is 10.6. The molecule has 2 aliphatic rings. The van der Waals surface area contributed by atoms with Crippen molar-refractivity contribution in [2.24, 2.45) is 0 Å². The minimum Gasteiger partial charge on any atom is -0.455 e. The lowest BCUT2D eigenvalue weighted by atomic mass is 9.70. The number of rotatable bonds is 4. The Kier molecular flexibility index (Phi) is 6.68. The molecule has 11 aromatic rings. The van der Waals surface area contributed by atoms with E-state index in [-0.39, 0.29) is 0 Å². The van der Waals surface area contributed by atoms with Crippen molar-refractivity contribution in [3.63, 3.8) is 0 Å². The summed E-state index contributed by atoms with van der Waals surface area (Å²) in [5.74, 6) is 0. The van der Waals surface area contributed by atoms with E-state index < -0.39 is 5.41 Å². The molecular formula is C57H35NO. The van der Waals surface area contributed by atoms with E-state index in [0.717, 1.165) is 39.0 Å². The number of anilines is 3. The van der Waals surface area contributed by atoms with Gasteiger partial charge in [0.1, 0.15) is 11.2 Å². The summed E-state index contributed by atoms with van der Waals surface area (Å²) in [5.41, 5.74) is 17.3. The zero-order valence-electron chi connectivity index (χ0n) is 32.1. The lowest BCUT2D eigenvalue weighted by molar-refractivity contribution is 0.669. The SMILES string of the molecule is c1ccc(N(c2ccc(-c3cc4ccccc4c4ccccc34)cc2)c2ccc3c(c2)C2(c4ccccc4-3)c3ccccc3-c3c2ccc2c3oc3ccccc32)cc1. The highest BCUT2D eigenvalue weighted by Crippen LogP contribution is 2.64. The molecule has 0 saturated heterocycles. The van der Waals surface area contributed by atoms with E-state index in [9.17, 15) is 0 Å². The highest BCUT2D eigenvalue weighted by molar-refractivity contribution is 6.15. The zero-order valence-corrected chi connectivity index (χ0v) is 32.1. The number of fused-ring (bicyclic) bond motifs is 17. The molecule has 59 heavy (non-hydrogen) atoms. The molecule has 1 atom stereocenters. The van der Waals surface area contributed by atoms with E-state index in [1.165, 1.54) is 77.2 Å². The number of benzene rings is 10. The maximum Gasteiger partial charge on any atom is 0.143 e. The molecule has 1 heterocycles. The average Bonchev–Trinajstić information content (AvgIpc) is 3.93. The summed E-state index contributed by atoms with van der Waals surface area (Å²) in [7, 11) is 0.